The van der Waals surface area contributed by atoms with Crippen LogP contribution in [0.1, 0.15) is 40.1 Å². The summed E-state index contributed by atoms with van der Waals surface area (Å²) in [5.74, 6) is -1.34. The molecule has 1 aromatic heterocycles. The first-order chi connectivity index (χ1) is 12.4. The van der Waals surface area contributed by atoms with E-state index >= 15 is 0 Å². The highest BCUT2D eigenvalue weighted by Crippen LogP contribution is 2.33. The number of carboxylic acid groups (broad SMARTS) is 1. The van der Waals surface area contributed by atoms with Gasteiger partial charge in [0.25, 0.3) is 11.6 Å². The lowest BCUT2D eigenvalue weighted by Gasteiger charge is -2.23. The van der Waals surface area contributed by atoms with Crippen molar-refractivity contribution in [3.63, 3.8) is 0 Å². The van der Waals surface area contributed by atoms with Gasteiger partial charge >= 0.3 is 5.97 Å². The van der Waals surface area contributed by atoms with Crippen LogP contribution >= 0.6 is 0 Å². The van der Waals surface area contributed by atoms with E-state index in [1.807, 2.05) is 0 Å². The molecule has 1 aliphatic carbocycles. The van der Waals surface area contributed by atoms with Crippen LogP contribution in [-0.2, 0) is 17.8 Å². The van der Waals surface area contributed by atoms with Crippen molar-refractivity contribution >= 4 is 17.6 Å². The van der Waals surface area contributed by atoms with Gasteiger partial charge in [-0.25, -0.2) is 0 Å². The molecule has 8 heteroatoms. The maximum atomic E-state index is 13.1. The van der Waals surface area contributed by atoms with E-state index in [2.05, 4.69) is 0 Å². The molecule has 1 amide bonds. The summed E-state index contributed by atoms with van der Waals surface area (Å²) in [4.78, 5) is 36.5. The van der Waals surface area contributed by atoms with E-state index in [1.165, 1.54) is 12.3 Å². The van der Waals surface area contributed by atoms with E-state index < -0.39 is 10.9 Å². The summed E-state index contributed by atoms with van der Waals surface area (Å²) < 4.78 is 5.25. The smallest absolute Gasteiger partial charge is 0.311 e. The molecule has 8 nitrogen and oxygen atoms in total. The molecule has 26 heavy (non-hydrogen) atoms. The number of aryl methyl sites for hydroxylation is 1. The topological polar surface area (TPSA) is 114 Å². The van der Waals surface area contributed by atoms with Crippen LogP contribution in [0.4, 0.5) is 5.69 Å². The minimum absolute atomic E-state index is 0.00529. The quantitative estimate of drug-likeness (QED) is 0.601. The zero-order valence-corrected chi connectivity index (χ0v) is 14.2. The molecule has 3 rings (SSSR count). The predicted octanol–water partition coefficient (Wildman–Crippen LogP) is 2.93. The van der Waals surface area contributed by atoms with Gasteiger partial charge in [0.05, 0.1) is 23.3 Å². The number of benzene rings is 1. The van der Waals surface area contributed by atoms with Gasteiger partial charge in [0.1, 0.15) is 12.2 Å². The molecular weight excluding hydrogens is 340 g/mol. The van der Waals surface area contributed by atoms with Crippen molar-refractivity contribution in [1.82, 2.24) is 4.90 Å². The Labute approximate surface area is 149 Å². The highest BCUT2D eigenvalue weighted by Gasteiger charge is 2.36. The number of nitrogens with zero attached hydrogens (tertiary/aromatic N) is 2. The largest absolute Gasteiger partial charge is 0.481 e. The first kappa shape index (κ1) is 17.7. The highest BCUT2D eigenvalue weighted by atomic mass is 16.6. The molecule has 1 saturated carbocycles. The number of nitro benzene ring substituents is 1. The van der Waals surface area contributed by atoms with Crippen LogP contribution in [0, 0.1) is 17.0 Å². The molecule has 1 aliphatic rings. The molecule has 0 spiro atoms. The first-order valence-electron chi connectivity index (χ1n) is 8.20. The van der Waals surface area contributed by atoms with Gasteiger partial charge in [-0.2, -0.15) is 0 Å². The fourth-order valence-corrected chi connectivity index (χ4v) is 2.96. The third-order valence-corrected chi connectivity index (χ3v) is 4.35. The van der Waals surface area contributed by atoms with Gasteiger partial charge in [-0.3, -0.25) is 19.7 Å². The molecule has 136 valence electrons. The number of carboxylic acids is 1. The lowest BCUT2D eigenvalue weighted by Crippen LogP contribution is -2.33. The molecule has 2 aromatic rings. The van der Waals surface area contributed by atoms with E-state index in [1.54, 1.807) is 30.0 Å². The Morgan fingerprint density at radius 2 is 2.04 bits per heavy atom. The average molecular weight is 358 g/mol. The first-order valence-corrected chi connectivity index (χ1v) is 8.20. The average Bonchev–Trinajstić information content (AvgIpc) is 3.36. The van der Waals surface area contributed by atoms with Crippen LogP contribution in [0.15, 0.2) is 34.9 Å². The van der Waals surface area contributed by atoms with E-state index in [0.29, 0.717) is 11.1 Å². The van der Waals surface area contributed by atoms with Gasteiger partial charge < -0.3 is 14.4 Å². The van der Waals surface area contributed by atoms with Crippen LogP contribution in [0.25, 0.3) is 0 Å². The number of nitro groups is 1. The molecule has 0 unspecified atom stereocenters. The second kappa shape index (κ2) is 6.99. The van der Waals surface area contributed by atoms with Crippen LogP contribution in [0.5, 0.6) is 0 Å². The fourth-order valence-electron chi connectivity index (χ4n) is 2.96. The van der Waals surface area contributed by atoms with E-state index in [-0.39, 0.29) is 41.9 Å². The Morgan fingerprint density at radius 1 is 1.35 bits per heavy atom. The Morgan fingerprint density at radius 3 is 2.65 bits per heavy atom. The number of hydrogen-bond donors (Lipinski definition) is 1. The fraction of sp³-hybridized carbons (Fsp3) is 0.333. The summed E-state index contributed by atoms with van der Waals surface area (Å²) in [5.41, 5.74) is 1.19. The molecule has 0 aliphatic heterocycles. The highest BCUT2D eigenvalue weighted by molar-refractivity contribution is 5.97. The van der Waals surface area contributed by atoms with Gasteiger partial charge in [-0.15, -0.1) is 0 Å². The summed E-state index contributed by atoms with van der Waals surface area (Å²) in [6, 6.07) is 6.30. The van der Waals surface area contributed by atoms with Gasteiger partial charge in [-0.05, 0) is 19.8 Å². The molecule has 1 aromatic carbocycles. The number of carbonyl (C=O) groups is 2. The number of para-hydroxylation sites is 1. The van der Waals surface area contributed by atoms with Crippen LogP contribution in [0.3, 0.4) is 0 Å². The lowest BCUT2D eigenvalue weighted by molar-refractivity contribution is -0.385. The monoisotopic (exact) mass is 358 g/mol. The molecule has 1 heterocycles. The van der Waals surface area contributed by atoms with Crippen LogP contribution in [0.2, 0.25) is 0 Å². The summed E-state index contributed by atoms with van der Waals surface area (Å²) in [6.07, 6.45) is 2.61. The zero-order valence-electron chi connectivity index (χ0n) is 14.2. The molecule has 0 atom stereocenters. The summed E-state index contributed by atoms with van der Waals surface area (Å²) in [6.45, 7) is 1.77. The summed E-state index contributed by atoms with van der Waals surface area (Å²) >= 11 is 0. The SMILES string of the molecule is Cc1coc(CC(=O)O)c1C(=O)N(Cc1ccccc1[N+](=O)[O-])C1CC1. The second-order valence-corrected chi connectivity index (χ2v) is 6.34. The number of amides is 1. The normalized spacial score (nSPS) is 13.4. The molecule has 1 N–H and O–H groups in total. The Bertz CT molecular complexity index is 868. The third kappa shape index (κ3) is 3.58. The molecule has 0 bridgehead atoms. The second-order valence-electron chi connectivity index (χ2n) is 6.34. The third-order valence-electron chi connectivity index (χ3n) is 4.35. The van der Waals surface area contributed by atoms with Gasteiger partial charge in [0.2, 0.25) is 0 Å². The van der Waals surface area contributed by atoms with Crippen molar-refractivity contribution in [2.75, 3.05) is 0 Å². The van der Waals surface area contributed by atoms with Crippen molar-refractivity contribution in [3.8, 4) is 0 Å². The Hall–Kier alpha value is -3.16. The maximum Gasteiger partial charge on any atom is 0.311 e. The van der Waals surface area contributed by atoms with Crippen LogP contribution < -0.4 is 0 Å². The van der Waals surface area contributed by atoms with Crippen molar-refractivity contribution in [3.05, 3.63) is 63.1 Å². The van der Waals surface area contributed by atoms with Gasteiger partial charge in [-0.1, -0.05) is 18.2 Å². The predicted molar refractivity (Wildman–Crippen MR) is 90.8 cm³/mol. The maximum absolute atomic E-state index is 13.1. The summed E-state index contributed by atoms with van der Waals surface area (Å²) in [7, 11) is 0. The molecule has 0 saturated heterocycles. The molecule has 1 fully saturated rings. The van der Waals surface area contributed by atoms with Crippen LogP contribution in [-0.4, -0.2) is 32.8 Å². The van der Waals surface area contributed by atoms with E-state index in [9.17, 15) is 19.7 Å². The van der Waals surface area contributed by atoms with Crippen molar-refractivity contribution in [2.45, 2.75) is 38.8 Å². The number of aliphatic carboxylic acids is 1. The Balaban J connectivity index is 1.93. The number of hydrogen-bond acceptors (Lipinski definition) is 5. The van der Waals surface area contributed by atoms with Crippen molar-refractivity contribution in [1.29, 1.82) is 0 Å². The molecule has 0 radical (unpaired) electrons. The van der Waals surface area contributed by atoms with Crippen molar-refractivity contribution in [2.24, 2.45) is 0 Å². The number of rotatable bonds is 7. The standard InChI is InChI=1S/C18H18N2O6/c1-11-10-26-15(8-16(21)22)17(11)18(23)19(13-6-7-13)9-12-4-2-3-5-14(12)20(24)25/h2-5,10,13H,6-9H2,1H3,(H,21,22). The van der Waals surface area contributed by atoms with E-state index in [4.69, 9.17) is 9.52 Å². The van der Waals surface area contributed by atoms with Gasteiger partial charge in [0.15, 0.2) is 0 Å². The van der Waals surface area contributed by atoms with Gasteiger partial charge in [0, 0.05) is 23.2 Å². The van der Waals surface area contributed by atoms with E-state index in [0.717, 1.165) is 12.8 Å². The number of carbonyl (C=O) groups excluding carboxylic acids is 1. The number of furan rings is 1. The zero-order chi connectivity index (χ0) is 18.8. The minimum Gasteiger partial charge on any atom is -0.481 e. The van der Waals surface area contributed by atoms with Crippen molar-refractivity contribution < 1.29 is 24.0 Å². The lowest BCUT2D eigenvalue weighted by atomic mass is 10.1. The summed E-state index contributed by atoms with van der Waals surface area (Å²) in [5, 5.41) is 20.3. The minimum atomic E-state index is -1.09. The molecular formula is C18H18N2O6. The Kier molecular flexibility index (Phi) is 4.75.